The first-order valence-corrected chi connectivity index (χ1v) is 12.1. The second-order valence-corrected chi connectivity index (χ2v) is 9.51. The molecule has 1 atom stereocenters. The van der Waals surface area contributed by atoms with Gasteiger partial charge >= 0.3 is 0 Å². The number of aromatic amines is 1. The highest BCUT2D eigenvalue weighted by molar-refractivity contribution is 5.93. The molecule has 35 heavy (non-hydrogen) atoms. The summed E-state index contributed by atoms with van der Waals surface area (Å²) < 4.78 is 0. The van der Waals surface area contributed by atoms with Crippen LogP contribution in [0.1, 0.15) is 34.5 Å². The minimum Gasteiger partial charge on any atom is -0.351 e. The van der Waals surface area contributed by atoms with Gasteiger partial charge in [0.05, 0.1) is 11.4 Å². The third kappa shape index (κ3) is 4.39. The van der Waals surface area contributed by atoms with E-state index in [9.17, 15) is 4.79 Å². The fourth-order valence-corrected chi connectivity index (χ4v) is 5.15. The van der Waals surface area contributed by atoms with Crippen molar-refractivity contribution in [3.63, 3.8) is 0 Å². The summed E-state index contributed by atoms with van der Waals surface area (Å²) in [6, 6.07) is 14.8. The van der Waals surface area contributed by atoms with Gasteiger partial charge in [0.15, 0.2) is 0 Å². The van der Waals surface area contributed by atoms with E-state index in [-0.39, 0.29) is 11.8 Å². The van der Waals surface area contributed by atoms with Crippen molar-refractivity contribution in [2.45, 2.75) is 45.1 Å². The molecule has 2 aliphatic rings. The quantitative estimate of drug-likeness (QED) is 0.413. The van der Waals surface area contributed by atoms with Crippen molar-refractivity contribution in [2.75, 3.05) is 10.6 Å². The number of amides is 1. The van der Waals surface area contributed by atoms with E-state index in [2.05, 4.69) is 67.2 Å². The van der Waals surface area contributed by atoms with E-state index < -0.39 is 0 Å². The molecule has 2 aliphatic carbocycles. The molecule has 2 aromatic heterocycles. The van der Waals surface area contributed by atoms with Gasteiger partial charge in [0.1, 0.15) is 0 Å². The Morgan fingerprint density at radius 2 is 1.80 bits per heavy atom. The van der Waals surface area contributed by atoms with Gasteiger partial charge in [-0.2, -0.15) is 0 Å². The molecule has 0 unspecified atom stereocenters. The first-order chi connectivity index (χ1) is 17.1. The van der Waals surface area contributed by atoms with Crippen molar-refractivity contribution in [2.24, 2.45) is 5.92 Å². The summed E-state index contributed by atoms with van der Waals surface area (Å²) in [6.07, 6.45) is 7.87. The number of aryl methyl sites for hydroxylation is 2. The maximum absolute atomic E-state index is 12.9. The fraction of sp³-hybridized carbons (Fsp3) is 0.296. The van der Waals surface area contributed by atoms with E-state index in [4.69, 9.17) is 0 Å². The van der Waals surface area contributed by atoms with E-state index in [1.54, 1.807) is 0 Å². The lowest BCUT2D eigenvalue weighted by Crippen LogP contribution is -2.28. The van der Waals surface area contributed by atoms with E-state index in [0.717, 1.165) is 59.4 Å². The van der Waals surface area contributed by atoms with Crippen molar-refractivity contribution in [3.05, 3.63) is 82.9 Å². The maximum Gasteiger partial charge on any atom is 0.227 e. The molecule has 4 aromatic rings. The predicted octanol–water partition coefficient (Wildman–Crippen LogP) is 3.89. The summed E-state index contributed by atoms with van der Waals surface area (Å²) in [5, 5.41) is 17.4. The Kier molecular flexibility index (Phi) is 5.48. The number of H-pyrrole nitrogens is 1. The van der Waals surface area contributed by atoms with Crippen LogP contribution < -0.4 is 10.6 Å². The smallest absolute Gasteiger partial charge is 0.227 e. The van der Waals surface area contributed by atoms with Crippen LogP contribution in [-0.2, 0) is 30.5 Å². The Labute approximate surface area is 203 Å². The molecule has 2 aromatic carbocycles. The lowest BCUT2D eigenvalue weighted by Gasteiger charge is -2.20. The highest BCUT2D eigenvalue weighted by Crippen LogP contribution is 2.29. The average Bonchev–Trinajstić information content (AvgIpc) is 3.51. The lowest BCUT2D eigenvalue weighted by molar-refractivity contribution is -0.120. The zero-order chi connectivity index (χ0) is 23.8. The van der Waals surface area contributed by atoms with Gasteiger partial charge in [0.2, 0.25) is 11.9 Å². The van der Waals surface area contributed by atoms with Crippen LogP contribution in [0.15, 0.2) is 54.9 Å². The molecule has 0 aliphatic heterocycles. The second-order valence-electron chi connectivity index (χ2n) is 9.51. The molecule has 3 N–H and O–H groups in total. The normalized spacial score (nSPS) is 17.0. The van der Waals surface area contributed by atoms with Crippen molar-refractivity contribution in [1.29, 1.82) is 0 Å². The van der Waals surface area contributed by atoms with Gasteiger partial charge in [-0.3, -0.25) is 9.89 Å². The van der Waals surface area contributed by atoms with Gasteiger partial charge in [-0.05, 0) is 67.0 Å². The molecule has 1 amide bonds. The predicted molar refractivity (Wildman–Crippen MR) is 134 cm³/mol. The van der Waals surface area contributed by atoms with Crippen molar-refractivity contribution >= 4 is 17.5 Å². The molecule has 176 valence electrons. The number of hydrogen-bond acceptors (Lipinski definition) is 6. The number of rotatable bonds is 5. The zero-order valence-corrected chi connectivity index (χ0v) is 19.6. The minimum atomic E-state index is -0.104. The van der Waals surface area contributed by atoms with Gasteiger partial charge in [0, 0.05) is 42.0 Å². The highest BCUT2D eigenvalue weighted by Gasteiger charge is 2.27. The van der Waals surface area contributed by atoms with Crippen LogP contribution >= 0.6 is 0 Å². The van der Waals surface area contributed by atoms with Crippen LogP contribution in [-0.4, -0.2) is 37.3 Å². The third-order valence-electron chi connectivity index (χ3n) is 7.11. The highest BCUT2D eigenvalue weighted by atomic mass is 16.1. The first-order valence-electron chi connectivity index (χ1n) is 12.1. The number of aromatic nitrogens is 5. The van der Waals surface area contributed by atoms with Gasteiger partial charge < -0.3 is 10.6 Å². The number of nitrogens with one attached hydrogen (secondary N) is 3. The zero-order valence-electron chi connectivity index (χ0n) is 19.6. The molecule has 0 saturated carbocycles. The topological polar surface area (TPSA) is 108 Å². The maximum atomic E-state index is 12.9. The van der Waals surface area contributed by atoms with Gasteiger partial charge in [-0.1, -0.05) is 35.5 Å². The Bertz CT molecular complexity index is 1350. The molecule has 0 bridgehead atoms. The summed E-state index contributed by atoms with van der Waals surface area (Å²) in [6.45, 7) is 2.05. The molecule has 6 rings (SSSR count). The molecule has 8 nitrogen and oxygen atoms in total. The Balaban J connectivity index is 1.13. The fourth-order valence-electron chi connectivity index (χ4n) is 5.15. The molecule has 0 fully saturated rings. The monoisotopic (exact) mass is 465 g/mol. The molecule has 2 heterocycles. The molecule has 0 radical (unpaired) electrons. The van der Waals surface area contributed by atoms with Gasteiger partial charge in [-0.15, -0.1) is 5.10 Å². The van der Waals surface area contributed by atoms with Crippen LogP contribution in [0.4, 0.5) is 11.6 Å². The lowest BCUT2D eigenvalue weighted by atomic mass is 9.89. The van der Waals surface area contributed by atoms with E-state index >= 15 is 0 Å². The first kappa shape index (κ1) is 21.5. The summed E-state index contributed by atoms with van der Waals surface area (Å²) in [7, 11) is 0. The van der Waals surface area contributed by atoms with Gasteiger partial charge in [0.25, 0.3) is 0 Å². The Morgan fingerprint density at radius 1 is 1.03 bits per heavy atom. The Hall–Kier alpha value is -4.07. The third-order valence-corrected chi connectivity index (χ3v) is 7.11. The molecule has 0 spiro atoms. The summed E-state index contributed by atoms with van der Waals surface area (Å²) in [4.78, 5) is 22.1. The molecular weight excluding hydrogens is 438 g/mol. The standard InChI is InChI=1S/C27H27N7O/c1-16-6-8-21(30-26(35)19-7-9-24-25(12-19)33-34-32-24)13-23(16)20-14-28-27(29-15-20)31-22-10-17-4-2-3-5-18(17)11-22/h2-6,8,13-15,19,22H,7,9-12H2,1H3,(H,30,35)(H,28,29,31)(H,32,33,34)/t19-/m0/s1. The van der Waals surface area contributed by atoms with E-state index in [1.165, 1.54) is 11.1 Å². The van der Waals surface area contributed by atoms with Crippen LogP contribution in [0.3, 0.4) is 0 Å². The largest absolute Gasteiger partial charge is 0.351 e. The summed E-state index contributed by atoms with van der Waals surface area (Å²) in [5.41, 5.74) is 8.52. The van der Waals surface area contributed by atoms with Crippen molar-refractivity contribution < 1.29 is 4.79 Å². The Morgan fingerprint density at radius 3 is 2.57 bits per heavy atom. The molecule has 0 saturated heterocycles. The number of carbonyl (C=O) groups excluding carboxylic acids is 1. The van der Waals surface area contributed by atoms with E-state index in [0.29, 0.717) is 18.4 Å². The van der Waals surface area contributed by atoms with Crippen LogP contribution in [0, 0.1) is 12.8 Å². The number of benzene rings is 2. The van der Waals surface area contributed by atoms with Crippen LogP contribution in [0.25, 0.3) is 11.1 Å². The number of anilines is 2. The number of fused-ring (bicyclic) bond motifs is 2. The average molecular weight is 466 g/mol. The van der Waals surface area contributed by atoms with Gasteiger partial charge in [-0.25, -0.2) is 9.97 Å². The van der Waals surface area contributed by atoms with Crippen molar-refractivity contribution in [1.82, 2.24) is 25.4 Å². The second kappa shape index (κ2) is 8.94. The SMILES string of the molecule is Cc1ccc(NC(=O)[C@H]2CCc3[nH]nnc3C2)cc1-c1cnc(NC2Cc3ccccc3C2)nc1. The number of nitrogens with zero attached hydrogens (tertiary/aromatic N) is 4. The molecule has 8 heteroatoms. The van der Waals surface area contributed by atoms with Crippen LogP contribution in [0.2, 0.25) is 0 Å². The summed E-state index contributed by atoms with van der Waals surface area (Å²) in [5.74, 6) is 0.549. The van der Waals surface area contributed by atoms with E-state index in [1.807, 2.05) is 30.6 Å². The minimum absolute atomic E-state index is 0.0156. The van der Waals surface area contributed by atoms with Crippen LogP contribution in [0.5, 0.6) is 0 Å². The number of carbonyl (C=O) groups is 1. The van der Waals surface area contributed by atoms with Crippen molar-refractivity contribution in [3.8, 4) is 11.1 Å². The summed E-state index contributed by atoms with van der Waals surface area (Å²) >= 11 is 0. The molecular formula is C27H27N7O. The number of hydrogen-bond donors (Lipinski definition) is 3.